The molecule has 0 aliphatic heterocycles. The topological polar surface area (TPSA) is 0 Å². The predicted octanol–water partition coefficient (Wildman–Crippen LogP) is 2.53. The molecule has 7 heavy (non-hydrogen) atoms. The highest BCUT2D eigenvalue weighted by atomic mass is 127. The second-order valence-corrected chi connectivity index (χ2v) is 0.856. The van der Waals surface area contributed by atoms with Crippen molar-refractivity contribution in [2.45, 2.75) is 0 Å². The van der Waals surface area contributed by atoms with E-state index >= 15 is 0 Å². The van der Waals surface area contributed by atoms with Crippen molar-refractivity contribution in [2.24, 2.45) is 0 Å². The van der Waals surface area contributed by atoms with Gasteiger partial charge < -0.3 is 0 Å². The van der Waals surface area contributed by atoms with E-state index in [1.54, 1.807) is 12.2 Å². The standard InChI is InChI=1S/C6H8.HI/c1-3-5-6-4-2;/h3-6H,1-2H2;1H/b6-5+;. The van der Waals surface area contributed by atoms with E-state index in [1.807, 2.05) is 12.2 Å². The van der Waals surface area contributed by atoms with Crippen molar-refractivity contribution in [1.82, 2.24) is 0 Å². The van der Waals surface area contributed by atoms with E-state index in [2.05, 4.69) is 13.2 Å². The summed E-state index contributed by atoms with van der Waals surface area (Å²) in [5, 5.41) is 0. The molecule has 0 radical (unpaired) electrons. The van der Waals surface area contributed by atoms with Crippen molar-refractivity contribution < 1.29 is 0 Å². The zero-order valence-electron chi connectivity index (χ0n) is 4.13. The molecule has 0 atom stereocenters. The van der Waals surface area contributed by atoms with E-state index in [0.29, 0.717) is 0 Å². The van der Waals surface area contributed by atoms with E-state index < -0.39 is 0 Å². The minimum atomic E-state index is 0. The zero-order chi connectivity index (χ0) is 4.83. The Kier molecular flexibility index (Phi) is 13.4. The molecule has 0 aliphatic carbocycles. The van der Waals surface area contributed by atoms with Crippen molar-refractivity contribution in [3.8, 4) is 0 Å². The average molecular weight is 208 g/mol. The fourth-order valence-corrected chi connectivity index (χ4v) is 0.157. The van der Waals surface area contributed by atoms with Gasteiger partial charge in [-0.3, -0.25) is 0 Å². The molecule has 0 unspecified atom stereocenters. The van der Waals surface area contributed by atoms with Crippen molar-refractivity contribution in [3.63, 3.8) is 0 Å². The molecule has 0 N–H and O–H groups in total. The van der Waals surface area contributed by atoms with Crippen molar-refractivity contribution in [3.05, 3.63) is 37.5 Å². The number of hydrogen-bond acceptors (Lipinski definition) is 0. The quantitative estimate of drug-likeness (QED) is 0.483. The van der Waals surface area contributed by atoms with E-state index in [1.165, 1.54) is 0 Å². The molecule has 1 heteroatoms. The molecule has 0 heterocycles. The first-order valence-corrected chi connectivity index (χ1v) is 1.82. The van der Waals surface area contributed by atoms with Gasteiger partial charge in [0.25, 0.3) is 0 Å². The van der Waals surface area contributed by atoms with Crippen LogP contribution in [0.1, 0.15) is 0 Å². The predicted molar refractivity (Wildman–Crippen MR) is 44.9 cm³/mol. The normalized spacial score (nSPS) is 7.43. The third-order valence-corrected chi connectivity index (χ3v) is 0.383. The summed E-state index contributed by atoms with van der Waals surface area (Å²) in [6, 6.07) is 0. The highest BCUT2D eigenvalue weighted by Crippen LogP contribution is 1.69. The van der Waals surface area contributed by atoms with Crippen LogP contribution in [0.15, 0.2) is 37.5 Å². The molecule has 0 fully saturated rings. The summed E-state index contributed by atoms with van der Waals surface area (Å²) >= 11 is 0. The first kappa shape index (κ1) is 10.0. The molecule has 40 valence electrons. The summed E-state index contributed by atoms with van der Waals surface area (Å²) in [6.07, 6.45) is 7.07. The Morgan fingerprint density at radius 2 is 1.14 bits per heavy atom. The van der Waals surface area contributed by atoms with Crippen molar-refractivity contribution in [2.75, 3.05) is 0 Å². The fourth-order valence-electron chi connectivity index (χ4n) is 0.157. The number of rotatable bonds is 2. The highest BCUT2D eigenvalue weighted by Gasteiger charge is 1.47. The zero-order valence-corrected chi connectivity index (χ0v) is 6.46. The maximum absolute atomic E-state index is 3.46. The fraction of sp³-hybridized carbons (Fsp3) is 0. The van der Waals surface area contributed by atoms with Crippen LogP contribution in [0.5, 0.6) is 0 Å². The van der Waals surface area contributed by atoms with Crippen LogP contribution in [-0.4, -0.2) is 0 Å². The summed E-state index contributed by atoms with van der Waals surface area (Å²) in [7, 11) is 0. The second kappa shape index (κ2) is 9.34. The lowest BCUT2D eigenvalue weighted by Gasteiger charge is -1.60. The maximum Gasteiger partial charge on any atom is -0.0629 e. The SMILES string of the molecule is C=C/C=C/C=C.I. The Bertz CT molecular complexity index is 62.2. The van der Waals surface area contributed by atoms with Crippen LogP contribution < -0.4 is 0 Å². The largest absolute Gasteiger partial charge is 0.107 e. The Morgan fingerprint density at radius 1 is 0.857 bits per heavy atom. The van der Waals surface area contributed by atoms with Gasteiger partial charge in [0, 0.05) is 0 Å². The molecule has 0 nitrogen and oxygen atoms in total. The average Bonchev–Trinajstić information content (AvgIpc) is 1.61. The van der Waals surface area contributed by atoms with Crippen LogP contribution in [0.3, 0.4) is 0 Å². The van der Waals surface area contributed by atoms with E-state index in [-0.39, 0.29) is 24.0 Å². The second-order valence-electron chi connectivity index (χ2n) is 0.856. The molecule has 0 aromatic rings. The summed E-state index contributed by atoms with van der Waals surface area (Å²) in [5.41, 5.74) is 0. The molecule has 0 bridgehead atoms. The van der Waals surface area contributed by atoms with Gasteiger partial charge in [-0.2, -0.15) is 0 Å². The van der Waals surface area contributed by atoms with Crippen LogP contribution in [0.25, 0.3) is 0 Å². The molecular weight excluding hydrogens is 199 g/mol. The summed E-state index contributed by atoms with van der Waals surface area (Å²) in [6.45, 7) is 6.93. The lowest BCUT2D eigenvalue weighted by molar-refractivity contribution is 1.98. The first-order chi connectivity index (χ1) is 2.91. The van der Waals surface area contributed by atoms with Gasteiger partial charge >= 0.3 is 0 Å². The molecule has 0 amide bonds. The smallest absolute Gasteiger partial charge is 0.0629 e. The van der Waals surface area contributed by atoms with Gasteiger partial charge in [0.2, 0.25) is 0 Å². The van der Waals surface area contributed by atoms with Gasteiger partial charge in [0.05, 0.1) is 0 Å². The summed E-state index contributed by atoms with van der Waals surface area (Å²) in [4.78, 5) is 0. The summed E-state index contributed by atoms with van der Waals surface area (Å²) in [5.74, 6) is 0. The third-order valence-electron chi connectivity index (χ3n) is 0.383. The molecule has 0 saturated heterocycles. The van der Waals surface area contributed by atoms with Gasteiger partial charge in [0.1, 0.15) is 0 Å². The van der Waals surface area contributed by atoms with Gasteiger partial charge in [-0.1, -0.05) is 37.5 Å². The Hall–Kier alpha value is -0.0500. The highest BCUT2D eigenvalue weighted by molar-refractivity contribution is 14.0. The molecule has 0 aromatic carbocycles. The first-order valence-electron chi connectivity index (χ1n) is 1.82. The van der Waals surface area contributed by atoms with Crippen molar-refractivity contribution >= 4 is 24.0 Å². The van der Waals surface area contributed by atoms with Crippen LogP contribution >= 0.6 is 24.0 Å². The van der Waals surface area contributed by atoms with Gasteiger partial charge in [0.15, 0.2) is 0 Å². The number of allylic oxidation sites excluding steroid dienone is 4. The Labute approximate surface area is 61.6 Å². The molecule has 0 saturated carbocycles. The molecule has 0 spiro atoms. The van der Waals surface area contributed by atoms with Gasteiger partial charge in [-0.15, -0.1) is 24.0 Å². The van der Waals surface area contributed by atoms with E-state index in [9.17, 15) is 0 Å². The summed E-state index contributed by atoms with van der Waals surface area (Å²) < 4.78 is 0. The third kappa shape index (κ3) is 10.7. The molecule has 0 aromatic heterocycles. The number of halogens is 1. The lowest BCUT2D eigenvalue weighted by atomic mass is 10.5. The maximum atomic E-state index is 3.46. The molecule has 0 rings (SSSR count). The van der Waals surface area contributed by atoms with Crippen LogP contribution in [0.4, 0.5) is 0 Å². The monoisotopic (exact) mass is 208 g/mol. The number of hydrogen-bond donors (Lipinski definition) is 0. The minimum Gasteiger partial charge on any atom is -0.107 e. The van der Waals surface area contributed by atoms with Crippen LogP contribution in [-0.2, 0) is 0 Å². The Morgan fingerprint density at radius 3 is 1.29 bits per heavy atom. The molecular formula is C6H9I. The van der Waals surface area contributed by atoms with E-state index in [4.69, 9.17) is 0 Å². The van der Waals surface area contributed by atoms with Crippen molar-refractivity contribution in [1.29, 1.82) is 0 Å². The van der Waals surface area contributed by atoms with Gasteiger partial charge in [-0.05, 0) is 0 Å². The van der Waals surface area contributed by atoms with E-state index in [0.717, 1.165) is 0 Å². The Balaban J connectivity index is 0. The lowest BCUT2D eigenvalue weighted by Crippen LogP contribution is -1.38. The van der Waals surface area contributed by atoms with Gasteiger partial charge in [-0.25, -0.2) is 0 Å². The molecule has 0 aliphatic rings. The minimum absolute atomic E-state index is 0. The van der Waals surface area contributed by atoms with Crippen LogP contribution in [0.2, 0.25) is 0 Å². The van der Waals surface area contributed by atoms with Crippen LogP contribution in [0, 0.1) is 0 Å².